The summed E-state index contributed by atoms with van der Waals surface area (Å²) >= 11 is 0. The van der Waals surface area contributed by atoms with Gasteiger partial charge in [0.25, 0.3) is 12.0 Å². The third-order valence-electron chi connectivity index (χ3n) is 5.69. The number of alkyl halides is 2. The lowest BCUT2D eigenvalue weighted by Crippen LogP contribution is -2.36. The molecule has 2 aliphatic rings. The fourth-order valence-electron chi connectivity index (χ4n) is 4.09. The first-order valence-electron chi connectivity index (χ1n) is 9.63. The van der Waals surface area contributed by atoms with Gasteiger partial charge < -0.3 is 4.52 Å². The van der Waals surface area contributed by atoms with E-state index in [2.05, 4.69) is 15.0 Å². The first-order valence-corrected chi connectivity index (χ1v) is 9.63. The third-order valence-corrected chi connectivity index (χ3v) is 5.69. The van der Waals surface area contributed by atoms with Crippen LogP contribution in [0.2, 0.25) is 0 Å². The number of hydrogen-bond donors (Lipinski definition) is 0. The molecule has 0 N–H and O–H groups in total. The van der Waals surface area contributed by atoms with Gasteiger partial charge in [-0.3, -0.25) is 14.3 Å². The van der Waals surface area contributed by atoms with Crippen LogP contribution in [-0.2, 0) is 25.9 Å². The minimum atomic E-state index is -2.71. The van der Waals surface area contributed by atoms with E-state index < -0.39 is 17.7 Å². The normalized spacial score (nSPS) is 18.8. The second-order valence-corrected chi connectivity index (χ2v) is 7.56. The highest BCUT2D eigenvalue weighted by atomic mass is 19.3. The van der Waals surface area contributed by atoms with Crippen LogP contribution in [0.3, 0.4) is 0 Å². The van der Waals surface area contributed by atoms with Crippen LogP contribution < -0.4 is 5.56 Å². The van der Waals surface area contributed by atoms with Gasteiger partial charge in [0.2, 0.25) is 0 Å². The average molecular weight is 378 g/mol. The van der Waals surface area contributed by atoms with Crippen molar-refractivity contribution in [1.29, 1.82) is 0 Å². The molecule has 0 unspecified atom stereocenters. The number of hydrogen-bond acceptors (Lipinski definition) is 5. The van der Waals surface area contributed by atoms with Crippen molar-refractivity contribution in [2.75, 3.05) is 13.1 Å². The van der Waals surface area contributed by atoms with Gasteiger partial charge in [-0.2, -0.15) is 0 Å². The lowest BCUT2D eigenvalue weighted by Gasteiger charge is -2.31. The van der Waals surface area contributed by atoms with Crippen LogP contribution in [0.4, 0.5) is 8.78 Å². The summed E-state index contributed by atoms with van der Waals surface area (Å²) in [6.45, 7) is 3.21. The Bertz CT molecular complexity index is 840. The van der Waals surface area contributed by atoms with Crippen molar-refractivity contribution in [3.63, 3.8) is 0 Å². The first kappa shape index (κ1) is 18.3. The molecule has 2 aromatic heterocycles. The molecule has 8 heteroatoms. The number of likely N-dealkylation sites (tertiary alicyclic amines) is 1. The SMILES string of the molecule is O=c1cc(C(F)F)ncn1CC1CCN(Cc2noc3c2CCCC3)CC1. The summed E-state index contributed by atoms with van der Waals surface area (Å²) < 4.78 is 32.2. The van der Waals surface area contributed by atoms with Gasteiger partial charge in [0, 0.05) is 31.1 Å². The molecule has 0 spiro atoms. The van der Waals surface area contributed by atoms with Crippen molar-refractivity contribution in [3.05, 3.63) is 45.5 Å². The molecule has 0 radical (unpaired) electrons. The molecule has 3 heterocycles. The number of fused-ring (bicyclic) bond motifs is 1. The van der Waals surface area contributed by atoms with Crippen LogP contribution >= 0.6 is 0 Å². The van der Waals surface area contributed by atoms with Gasteiger partial charge in [-0.25, -0.2) is 13.8 Å². The molecule has 146 valence electrons. The van der Waals surface area contributed by atoms with Gasteiger partial charge in [0.1, 0.15) is 17.1 Å². The second kappa shape index (κ2) is 7.88. The smallest absolute Gasteiger partial charge is 0.280 e. The van der Waals surface area contributed by atoms with E-state index >= 15 is 0 Å². The highest BCUT2D eigenvalue weighted by Crippen LogP contribution is 2.27. The van der Waals surface area contributed by atoms with E-state index in [-0.39, 0.29) is 0 Å². The molecular weight excluding hydrogens is 354 g/mol. The summed E-state index contributed by atoms with van der Waals surface area (Å²) in [6.07, 6.45) is 4.91. The van der Waals surface area contributed by atoms with Gasteiger partial charge in [0.15, 0.2) is 0 Å². The van der Waals surface area contributed by atoms with E-state index in [9.17, 15) is 13.6 Å². The van der Waals surface area contributed by atoms with E-state index in [1.165, 1.54) is 29.3 Å². The number of rotatable bonds is 5. The van der Waals surface area contributed by atoms with Gasteiger partial charge in [-0.1, -0.05) is 5.16 Å². The number of nitrogens with zero attached hydrogens (tertiary/aromatic N) is 4. The fraction of sp³-hybridized carbons (Fsp3) is 0.632. The average Bonchev–Trinajstić information content (AvgIpc) is 3.08. The maximum Gasteiger partial charge on any atom is 0.280 e. The molecule has 1 fully saturated rings. The molecule has 6 nitrogen and oxygen atoms in total. The predicted molar refractivity (Wildman–Crippen MR) is 94.6 cm³/mol. The maximum absolute atomic E-state index is 12.6. The molecule has 2 aromatic rings. The molecule has 0 aromatic carbocycles. The number of piperidine rings is 1. The fourth-order valence-corrected chi connectivity index (χ4v) is 4.09. The Labute approximate surface area is 156 Å². The predicted octanol–water partition coefficient (Wildman–Crippen LogP) is 2.96. The quantitative estimate of drug-likeness (QED) is 0.800. The Morgan fingerprint density at radius 1 is 1.22 bits per heavy atom. The van der Waals surface area contributed by atoms with Crippen molar-refractivity contribution in [1.82, 2.24) is 19.6 Å². The van der Waals surface area contributed by atoms with Crippen molar-refractivity contribution in [3.8, 4) is 0 Å². The Morgan fingerprint density at radius 2 is 2.00 bits per heavy atom. The van der Waals surface area contributed by atoms with Crippen LogP contribution in [0.5, 0.6) is 0 Å². The minimum Gasteiger partial charge on any atom is -0.361 e. The molecule has 1 aliphatic heterocycles. The van der Waals surface area contributed by atoms with Crippen molar-refractivity contribution >= 4 is 0 Å². The van der Waals surface area contributed by atoms with Crippen LogP contribution in [0.1, 0.15) is 54.8 Å². The molecule has 1 saturated heterocycles. The first-order chi connectivity index (χ1) is 13.1. The van der Waals surface area contributed by atoms with Crippen LogP contribution in [0, 0.1) is 5.92 Å². The van der Waals surface area contributed by atoms with E-state index in [0.29, 0.717) is 12.5 Å². The van der Waals surface area contributed by atoms with Crippen molar-refractivity contribution in [2.24, 2.45) is 5.92 Å². The minimum absolute atomic E-state index is 0.351. The summed E-state index contributed by atoms with van der Waals surface area (Å²) in [7, 11) is 0. The van der Waals surface area contributed by atoms with E-state index in [0.717, 1.165) is 62.8 Å². The lowest BCUT2D eigenvalue weighted by atomic mass is 9.94. The molecule has 0 amide bonds. The second-order valence-electron chi connectivity index (χ2n) is 7.56. The van der Waals surface area contributed by atoms with E-state index in [4.69, 9.17) is 4.52 Å². The van der Waals surface area contributed by atoms with Gasteiger partial charge >= 0.3 is 0 Å². The summed E-state index contributed by atoms with van der Waals surface area (Å²) in [6, 6.07) is 0.938. The van der Waals surface area contributed by atoms with Gasteiger partial charge in [-0.15, -0.1) is 0 Å². The molecule has 0 saturated carbocycles. The lowest BCUT2D eigenvalue weighted by molar-refractivity contribution is 0.144. The van der Waals surface area contributed by atoms with Crippen LogP contribution in [0.15, 0.2) is 21.7 Å². The van der Waals surface area contributed by atoms with Gasteiger partial charge in [0.05, 0.1) is 6.33 Å². The Balaban J connectivity index is 1.32. The number of halogens is 2. The number of aromatic nitrogens is 3. The van der Waals surface area contributed by atoms with E-state index in [1.54, 1.807) is 0 Å². The Kier molecular flexibility index (Phi) is 5.33. The van der Waals surface area contributed by atoms with Crippen molar-refractivity contribution in [2.45, 2.75) is 58.0 Å². The molecule has 0 atom stereocenters. The standard InChI is InChI=1S/C19H24F2N4O2/c20-19(21)15-9-18(26)25(12-22-15)10-13-5-7-24(8-6-13)11-16-14-3-1-2-4-17(14)27-23-16/h9,12-13,19H,1-8,10-11H2. The topological polar surface area (TPSA) is 64.2 Å². The zero-order valence-electron chi connectivity index (χ0n) is 15.2. The highest BCUT2D eigenvalue weighted by molar-refractivity contribution is 5.25. The molecule has 4 rings (SSSR count). The third kappa shape index (κ3) is 4.10. The maximum atomic E-state index is 12.6. The summed E-state index contributed by atoms with van der Waals surface area (Å²) in [5.41, 5.74) is 1.52. The summed E-state index contributed by atoms with van der Waals surface area (Å²) in [4.78, 5) is 18.1. The molecule has 1 aliphatic carbocycles. The van der Waals surface area contributed by atoms with Crippen LogP contribution in [0.25, 0.3) is 0 Å². The Hall–Kier alpha value is -2.09. The number of aryl methyl sites for hydroxylation is 1. The summed E-state index contributed by atoms with van der Waals surface area (Å²) in [5.74, 6) is 1.41. The zero-order valence-corrected chi connectivity index (χ0v) is 15.2. The molecule has 0 bridgehead atoms. The van der Waals surface area contributed by atoms with Gasteiger partial charge in [-0.05, 0) is 51.1 Å². The van der Waals surface area contributed by atoms with E-state index in [1.807, 2.05) is 0 Å². The van der Waals surface area contributed by atoms with Crippen LogP contribution in [-0.4, -0.2) is 32.7 Å². The summed E-state index contributed by atoms with van der Waals surface area (Å²) in [5, 5.41) is 4.28. The Morgan fingerprint density at radius 3 is 2.74 bits per heavy atom. The molecule has 27 heavy (non-hydrogen) atoms. The highest BCUT2D eigenvalue weighted by Gasteiger charge is 2.24. The largest absolute Gasteiger partial charge is 0.361 e. The monoisotopic (exact) mass is 378 g/mol. The molecular formula is C19H24F2N4O2. The zero-order chi connectivity index (χ0) is 18.8. The van der Waals surface area contributed by atoms with Crippen molar-refractivity contribution < 1.29 is 13.3 Å².